The molecule has 0 bridgehead atoms. The number of aromatic nitrogens is 5. The zero-order valence-corrected chi connectivity index (χ0v) is 16.5. The average Bonchev–Trinajstić information content (AvgIpc) is 3.28. The molecule has 0 aliphatic heterocycles. The number of anilines is 3. The van der Waals surface area contributed by atoms with Crippen LogP contribution in [0.3, 0.4) is 0 Å². The summed E-state index contributed by atoms with van der Waals surface area (Å²) in [6.45, 7) is 3.85. The summed E-state index contributed by atoms with van der Waals surface area (Å²) < 4.78 is 1.75. The number of nitrogens with one attached hydrogen (secondary N) is 3. The lowest BCUT2D eigenvalue weighted by molar-refractivity contribution is -0.147. The van der Waals surface area contributed by atoms with Gasteiger partial charge in [0.2, 0.25) is 5.95 Å². The Morgan fingerprint density at radius 1 is 1.17 bits per heavy atom. The van der Waals surface area contributed by atoms with E-state index in [0.29, 0.717) is 22.8 Å². The number of hydrogen-bond donors (Lipinski definition) is 4. The van der Waals surface area contributed by atoms with Crippen molar-refractivity contribution in [2.75, 3.05) is 10.6 Å². The Kier molecular flexibility index (Phi) is 4.66. The van der Waals surface area contributed by atoms with Crippen LogP contribution in [0.15, 0.2) is 36.8 Å². The molecule has 30 heavy (non-hydrogen) atoms. The summed E-state index contributed by atoms with van der Waals surface area (Å²) in [5, 5.41) is 19.4. The van der Waals surface area contributed by atoms with Gasteiger partial charge >= 0.3 is 11.9 Å². The average molecular weight is 405 g/mol. The van der Waals surface area contributed by atoms with Gasteiger partial charge in [0.05, 0.1) is 34.5 Å². The Morgan fingerprint density at radius 3 is 2.67 bits per heavy atom. The largest absolute Gasteiger partial charge is 0.474 e. The summed E-state index contributed by atoms with van der Waals surface area (Å²) in [5.74, 6) is -2.22. The third-order valence-corrected chi connectivity index (χ3v) is 4.87. The number of carboxylic acids is 1. The Labute approximate surface area is 171 Å². The molecular formula is C20H19N7O3. The maximum absolute atomic E-state index is 11.6. The summed E-state index contributed by atoms with van der Waals surface area (Å²) >= 11 is 0. The van der Waals surface area contributed by atoms with Crippen molar-refractivity contribution in [1.29, 1.82) is 0 Å². The van der Waals surface area contributed by atoms with Gasteiger partial charge in [0.25, 0.3) is 0 Å². The van der Waals surface area contributed by atoms with E-state index in [1.807, 2.05) is 27.0 Å². The standard InChI is InChI=1S/C20H19N7O3/c1-10-7-22-20(25-15-9-23-27(3)11(15)2)26-16(10)13-8-21-17-12(13)5-4-6-14(17)24-18(28)19(29)30/h4-9,21H,1-3H3,(H,24,28)(H,29,30)(H,22,25,26). The molecule has 0 aliphatic rings. The van der Waals surface area contributed by atoms with Crippen molar-refractivity contribution in [3.05, 3.63) is 48.0 Å². The number of amides is 1. The SMILES string of the molecule is Cc1cnc(Nc2cnn(C)c2C)nc1-c1c[nH]c2c(NC(=O)C(=O)O)cccc12. The second-order valence-corrected chi connectivity index (χ2v) is 6.81. The molecule has 1 amide bonds. The molecule has 0 saturated carbocycles. The Bertz CT molecular complexity index is 1290. The highest BCUT2D eigenvalue weighted by atomic mass is 16.4. The minimum atomic E-state index is -1.55. The molecule has 0 saturated heterocycles. The van der Waals surface area contributed by atoms with Crippen LogP contribution in [0.2, 0.25) is 0 Å². The van der Waals surface area contributed by atoms with E-state index < -0.39 is 11.9 Å². The number of carbonyl (C=O) groups excluding carboxylic acids is 1. The summed E-state index contributed by atoms with van der Waals surface area (Å²) in [6.07, 6.45) is 5.21. The van der Waals surface area contributed by atoms with Crippen molar-refractivity contribution in [2.24, 2.45) is 7.05 Å². The number of aryl methyl sites for hydroxylation is 2. The van der Waals surface area contributed by atoms with Gasteiger partial charge in [0, 0.05) is 30.4 Å². The van der Waals surface area contributed by atoms with Gasteiger partial charge in [-0.3, -0.25) is 9.48 Å². The number of carbonyl (C=O) groups is 2. The molecule has 152 valence electrons. The second kappa shape index (κ2) is 7.32. The molecule has 0 spiro atoms. The maximum Gasteiger partial charge on any atom is 0.394 e. The Morgan fingerprint density at radius 2 is 1.97 bits per heavy atom. The van der Waals surface area contributed by atoms with Crippen LogP contribution in [-0.4, -0.2) is 41.7 Å². The molecule has 0 atom stereocenters. The fraction of sp³-hybridized carbons (Fsp3) is 0.150. The van der Waals surface area contributed by atoms with Gasteiger partial charge in [-0.2, -0.15) is 5.10 Å². The number of aromatic amines is 1. The van der Waals surface area contributed by atoms with Crippen LogP contribution in [0.25, 0.3) is 22.2 Å². The minimum Gasteiger partial charge on any atom is -0.474 e. The molecule has 1 aromatic carbocycles. The lowest BCUT2D eigenvalue weighted by Gasteiger charge is -2.09. The van der Waals surface area contributed by atoms with Gasteiger partial charge in [-0.1, -0.05) is 12.1 Å². The van der Waals surface area contributed by atoms with Gasteiger partial charge in [0.1, 0.15) is 0 Å². The normalized spacial score (nSPS) is 10.9. The van der Waals surface area contributed by atoms with E-state index in [-0.39, 0.29) is 0 Å². The summed E-state index contributed by atoms with van der Waals surface area (Å²) in [5.41, 5.74) is 5.13. The van der Waals surface area contributed by atoms with Gasteiger partial charge in [-0.05, 0) is 25.5 Å². The molecule has 4 N–H and O–H groups in total. The number of benzene rings is 1. The number of carboxylic acid groups (broad SMARTS) is 1. The third-order valence-electron chi connectivity index (χ3n) is 4.87. The van der Waals surface area contributed by atoms with Crippen molar-refractivity contribution in [3.63, 3.8) is 0 Å². The molecule has 3 heterocycles. The quantitative estimate of drug-likeness (QED) is 0.383. The smallest absolute Gasteiger partial charge is 0.394 e. The van der Waals surface area contributed by atoms with E-state index in [9.17, 15) is 9.59 Å². The van der Waals surface area contributed by atoms with Gasteiger partial charge in [0.15, 0.2) is 0 Å². The van der Waals surface area contributed by atoms with Gasteiger partial charge in [-0.25, -0.2) is 14.8 Å². The van der Waals surface area contributed by atoms with E-state index in [0.717, 1.165) is 27.9 Å². The van der Waals surface area contributed by atoms with E-state index in [4.69, 9.17) is 5.11 Å². The lowest BCUT2D eigenvalue weighted by Crippen LogP contribution is -2.21. The maximum atomic E-state index is 11.6. The van der Waals surface area contributed by atoms with Crippen LogP contribution in [0.5, 0.6) is 0 Å². The van der Waals surface area contributed by atoms with Crippen LogP contribution >= 0.6 is 0 Å². The predicted octanol–water partition coefficient (Wildman–Crippen LogP) is 2.74. The zero-order chi connectivity index (χ0) is 21.4. The summed E-state index contributed by atoms with van der Waals surface area (Å²) in [7, 11) is 1.86. The highest BCUT2D eigenvalue weighted by molar-refractivity contribution is 6.37. The van der Waals surface area contributed by atoms with Crippen molar-refractivity contribution >= 4 is 40.1 Å². The van der Waals surface area contributed by atoms with Crippen molar-refractivity contribution in [1.82, 2.24) is 24.7 Å². The number of H-pyrrole nitrogens is 1. The zero-order valence-electron chi connectivity index (χ0n) is 16.5. The van der Waals surface area contributed by atoms with Crippen LogP contribution < -0.4 is 10.6 Å². The monoisotopic (exact) mass is 405 g/mol. The molecule has 10 heteroatoms. The molecule has 0 radical (unpaired) electrons. The predicted molar refractivity (Wildman–Crippen MR) is 112 cm³/mol. The minimum absolute atomic E-state index is 0.377. The molecule has 0 unspecified atom stereocenters. The molecule has 3 aromatic heterocycles. The van der Waals surface area contributed by atoms with Crippen LogP contribution in [0.4, 0.5) is 17.3 Å². The fourth-order valence-electron chi connectivity index (χ4n) is 3.15. The van der Waals surface area contributed by atoms with Crippen LogP contribution in [-0.2, 0) is 16.6 Å². The van der Waals surface area contributed by atoms with Crippen molar-refractivity contribution < 1.29 is 14.7 Å². The number of hydrogen-bond acceptors (Lipinski definition) is 6. The fourth-order valence-corrected chi connectivity index (χ4v) is 3.15. The number of nitrogens with zero attached hydrogens (tertiary/aromatic N) is 4. The number of rotatable bonds is 4. The first kappa shape index (κ1) is 19.1. The first-order valence-corrected chi connectivity index (χ1v) is 9.09. The third kappa shape index (κ3) is 3.34. The topological polar surface area (TPSA) is 138 Å². The van der Waals surface area contributed by atoms with Gasteiger partial charge < -0.3 is 20.7 Å². The van der Waals surface area contributed by atoms with E-state index in [2.05, 4.69) is 30.7 Å². The summed E-state index contributed by atoms with van der Waals surface area (Å²) in [4.78, 5) is 34.6. The van der Waals surface area contributed by atoms with Crippen molar-refractivity contribution in [3.8, 4) is 11.3 Å². The number of para-hydroxylation sites is 1. The van der Waals surface area contributed by atoms with Crippen LogP contribution in [0.1, 0.15) is 11.3 Å². The first-order chi connectivity index (χ1) is 14.3. The molecule has 0 fully saturated rings. The molecule has 4 rings (SSSR count). The highest BCUT2D eigenvalue weighted by Gasteiger charge is 2.17. The van der Waals surface area contributed by atoms with E-state index in [1.54, 1.807) is 35.4 Å². The van der Waals surface area contributed by atoms with E-state index >= 15 is 0 Å². The lowest BCUT2D eigenvalue weighted by atomic mass is 10.1. The molecule has 4 aromatic rings. The van der Waals surface area contributed by atoms with E-state index in [1.165, 1.54) is 0 Å². The Hall–Kier alpha value is -4.21. The molecule has 0 aliphatic carbocycles. The van der Waals surface area contributed by atoms with Gasteiger partial charge in [-0.15, -0.1) is 0 Å². The second-order valence-electron chi connectivity index (χ2n) is 6.81. The highest BCUT2D eigenvalue weighted by Crippen LogP contribution is 2.33. The first-order valence-electron chi connectivity index (χ1n) is 9.09. The molecule has 10 nitrogen and oxygen atoms in total. The molecular weight excluding hydrogens is 386 g/mol. The van der Waals surface area contributed by atoms with Crippen LogP contribution in [0, 0.1) is 13.8 Å². The summed E-state index contributed by atoms with van der Waals surface area (Å²) in [6, 6.07) is 5.25. The number of aliphatic carboxylic acids is 1. The number of fused-ring (bicyclic) bond motifs is 1. The van der Waals surface area contributed by atoms with Crippen molar-refractivity contribution in [2.45, 2.75) is 13.8 Å². The Balaban J connectivity index is 1.74.